The van der Waals surface area contributed by atoms with Gasteiger partial charge in [0, 0.05) is 6.54 Å². The van der Waals surface area contributed by atoms with Crippen LogP contribution in [0.15, 0.2) is 0 Å². The van der Waals surface area contributed by atoms with E-state index in [0.717, 1.165) is 4.90 Å². The number of carbonyl (C=O) groups is 3. The van der Waals surface area contributed by atoms with Crippen molar-refractivity contribution in [3.8, 4) is 0 Å². The van der Waals surface area contributed by atoms with Crippen LogP contribution in [0.2, 0.25) is 0 Å². The normalized spacial score (nSPS) is 16.6. The largest absolute Gasteiger partial charge is 0.469 e. The van der Waals surface area contributed by atoms with Gasteiger partial charge in [0.25, 0.3) is 0 Å². The van der Waals surface area contributed by atoms with Crippen molar-refractivity contribution in [2.75, 3.05) is 20.2 Å². The molecule has 1 aliphatic heterocycles. The van der Waals surface area contributed by atoms with Gasteiger partial charge in [-0.1, -0.05) is 0 Å². The average Bonchev–Trinajstić information content (AvgIpc) is 2.47. The van der Waals surface area contributed by atoms with Crippen molar-refractivity contribution in [1.82, 2.24) is 10.2 Å². The van der Waals surface area contributed by atoms with Crippen LogP contribution in [-0.4, -0.2) is 43.0 Å². The lowest BCUT2D eigenvalue weighted by molar-refractivity contribution is -0.151. The SMILES string of the molecule is COC(=O)C(C)(C)CN1C(=O)CNC1=O. The van der Waals surface area contributed by atoms with Crippen LogP contribution in [0.4, 0.5) is 4.79 Å². The molecular weight excluding hydrogens is 200 g/mol. The van der Waals surface area contributed by atoms with E-state index in [1.807, 2.05) is 0 Å². The zero-order valence-corrected chi connectivity index (χ0v) is 8.99. The Kier molecular flexibility index (Phi) is 2.97. The van der Waals surface area contributed by atoms with E-state index < -0.39 is 17.4 Å². The lowest BCUT2D eigenvalue weighted by Crippen LogP contribution is -2.43. The van der Waals surface area contributed by atoms with Gasteiger partial charge in [-0.05, 0) is 13.8 Å². The number of hydrogen-bond acceptors (Lipinski definition) is 4. The first-order chi connectivity index (χ1) is 6.88. The second-order valence-electron chi connectivity index (χ2n) is 4.01. The number of hydrogen-bond donors (Lipinski definition) is 1. The second-order valence-corrected chi connectivity index (χ2v) is 4.01. The topological polar surface area (TPSA) is 75.7 Å². The number of methoxy groups -OCH3 is 1. The van der Waals surface area contributed by atoms with Gasteiger partial charge in [-0.25, -0.2) is 4.79 Å². The fourth-order valence-corrected chi connectivity index (χ4v) is 1.35. The predicted octanol–water partition coefficient (Wildman–Crippen LogP) is -0.263. The number of rotatable bonds is 3. The van der Waals surface area contributed by atoms with E-state index in [2.05, 4.69) is 10.1 Å². The summed E-state index contributed by atoms with van der Waals surface area (Å²) in [7, 11) is 1.27. The summed E-state index contributed by atoms with van der Waals surface area (Å²) in [5.41, 5.74) is -0.883. The highest BCUT2D eigenvalue weighted by atomic mass is 16.5. The molecule has 0 unspecified atom stereocenters. The van der Waals surface area contributed by atoms with Crippen LogP contribution < -0.4 is 5.32 Å². The highest BCUT2D eigenvalue weighted by Crippen LogP contribution is 2.20. The molecule has 0 bridgehead atoms. The van der Waals surface area contributed by atoms with Crippen LogP contribution >= 0.6 is 0 Å². The molecule has 0 spiro atoms. The monoisotopic (exact) mass is 214 g/mol. The van der Waals surface area contributed by atoms with Gasteiger partial charge in [0.2, 0.25) is 5.91 Å². The molecule has 6 heteroatoms. The van der Waals surface area contributed by atoms with Crippen molar-refractivity contribution in [1.29, 1.82) is 0 Å². The zero-order chi connectivity index (χ0) is 11.6. The maximum atomic E-state index is 11.3. The summed E-state index contributed by atoms with van der Waals surface area (Å²) in [4.78, 5) is 34.8. The van der Waals surface area contributed by atoms with Crippen molar-refractivity contribution in [3.63, 3.8) is 0 Å². The average molecular weight is 214 g/mol. The molecule has 1 saturated heterocycles. The molecule has 0 saturated carbocycles. The number of urea groups is 1. The Labute approximate surface area is 87.6 Å². The third-order valence-electron chi connectivity index (χ3n) is 2.23. The Morgan fingerprint density at radius 3 is 2.53 bits per heavy atom. The summed E-state index contributed by atoms with van der Waals surface area (Å²) in [5, 5.41) is 2.38. The number of nitrogens with zero attached hydrogens (tertiary/aromatic N) is 1. The Morgan fingerprint density at radius 1 is 1.53 bits per heavy atom. The van der Waals surface area contributed by atoms with Gasteiger partial charge < -0.3 is 10.1 Å². The molecule has 3 amide bonds. The number of ether oxygens (including phenoxy) is 1. The molecule has 1 fully saturated rings. The smallest absolute Gasteiger partial charge is 0.324 e. The molecule has 0 aromatic carbocycles. The van der Waals surface area contributed by atoms with E-state index in [9.17, 15) is 14.4 Å². The molecule has 0 aliphatic carbocycles. The molecule has 6 nitrogen and oxygen atoms in total. The lowest BCUT2D eigenvalue weighted by Gasteiger charge is -2.25. The highest BCUT2D eigenvalue weighted by Gasteiger charge is 2.38. The van der Waals surface area contributed by atoms with Gasteiger partial charge >= 0.3 is 12.0 Å². The van der Waals surface area contributed by atoms with Crippen LogP contribution in [0.25, 0.3) is 0 Å². The van der Waals surface area contributed by atoms with E-state index >= 15 is 0 Å². The first kappa shape index (κ1) is 11.5. The van der Waals surface area contributed by atoms with Crippen LogP contribution in [0.5, 0.6) is 0 Å². The van der Waals surface area contributed by atoms with Crippen LogP contribution in [0.3, 0.4) is 0 Å². The van der Waals surface area contributed by atoms with Crippen LogP contribution in [0.1, 0.15) is 13.8 Å². The second kappa shape index (κ2) is 3.88. The Bertz CT molecular complexity index is 295. The van der Waals surface area contributed by atoms with Crippen molar-refractivity contribution >= 4 is 17.9 Å². The Balaban J connectivity index is 2.72. The summed E-state index contributed by atoms with van der Waals surface area (Å²) in [6.45, 7) is 3.27. The van der Waals surface area contributed by atoms with Crippen molar-refractivity contribution in [2.24, 2.45) is 5.41 Å². The molecule has 15 heavy (non-hydrogen) atoms. The van der Waals surface area contributed by atoms with E-state index in [-0.39, 0.29) is 19.0 Å². The molecule has 0 atom stereocenters. The number of nitrogens with one attached hydrogen (secondary N) is 1. The summed E-state index contributed by atoms with van der Waals surface area (Å²) < 4.78 is 4.59. The Morgan fingerprint density at radius 2 is 2.13 bits per heavy atom. The minimum Gasteiger partial charge on any atom is -0.469 e. The molecular formula is C9H14N2O4. The summed E-state index contributed by atoms with van der Waals surface area (Å²) in [6.07, 6.45) is 0. The summed E-state index contributed by atoms with van der Waals surface area (Å²) >= 11 is 0. The molecule has 1 aliphatic rings. The Hall–Kier alpha value is -1.59. The molecule has 0 radical (unpaired) electrons. The molecule has 0 aromatic heterocycles. The third-order valence-corrected chi connectivity index (χ3v) is 2.23. The highest BCUT2D eigenvalue weighted by molar-refractivity contribution is 6.02. The van der Waals surface area contributed by atoms with E-state index in [0.29, 0.717) is 0 Å². The van der Waals surface area contributed by atoms with Gasteiger partial charge in [-0.3, -0.25) is 14.5 Å². The van der Waals surface area contributed by atoms with Crippen LogP contribution in [-0.2, 0) is 14.3 Å². The number of amides is 3. The van der Waals surface area contributed by atoms with Gasteiger partial charge in [0.05, 0.1) is 19.1 Å². The fraction of sp³-hybridized carbons (Fsp3) is 0.667. The number of carbonyl (C=O) groups excluding carboxylic acids is 3. The lowest BCUT2D eigenvalue weighted by atomic mass is 9.93. The molecule has 1 heterocycles. The first-order valence-corrected chi connectivity index (χ1v) is 4.55. The summed E-state index contributed by atoms with van der Waals surface area (Å²) in [6, 6.07) is -0.461. The van der Waals surface area contributed by atoms with Gasteiger partial charge in [0.1, 0.15) is 0 Å². The van der Waals surface area contributed by atoms with Gasteiger partial charge in [-0.15, -0.1) is 0 Å². The van der Waals surface area contributed by atoms with Crippen LogP contribution in [0, 0.1) is 5.41 Å². The fourth-order valence-electron chi connectivity index (χ4n) is 1.35. The van der Waals surface area contributed by atoms with Gasteiger partial charge in [0.15, 0.2) is 0 Å². The molecule has 84 valence electrons. The molecule has 1 N–H and O–H groups in total. The number of esters is 1. The quantitative estimate of drug-likeness (QED) is 0.518. The van der Waals surface area contributed by atoms with Crippen molar-refractivity contribution in [2.45, 2.75) is 13.8 Å². The van der Waals surface area contributed by atoms with Crippen molar-refractivity contribution in [3.05, 3.63) is 0 Å². The van der Waals surface area contributed by atoms with E-state index in [4.69, 9.17) is 0 Å². The third kappa shape index (κ3) is 2.26. The predicted molar refractivity (Wildman–Crippen MR) is 50.9 cm³/mol. The van der Waals surface area contributed by atoms with Gasteiger partial charge in [-0.2, -0.15) is 0 Å². The maximum absolute atomic E-state index is 11.3. The minimum absolute atomic E-state index is 0.00388. The molecule has 1 rings (SSSR count). The molecule has 0 aromatic rings. The summed E-state index contributed by atoms with van der Waals surface area (Å²) in [5.74, 6) is -0.771. The van der Waals surface area contributed by atoms with Crippen molar-refractivity contribution < 1.29 is 19.1 Å². The number of imide groups is 1. The standard InChI is InChI=1S/C9H14N2O4/c1-9(2,7(13)15-3)5-11-6(12)4-10-8(11)14/h4-5H2,1-3H3,(H,10,14). The first-order valence-electron chi connectivity index (χ1n) is 4.55. The maximum Gasteiger partial charge on any atom is 0.324 e. The van der Waals surface area contributed by atoms with E-state index in [1.165, 1.54) is 7.11 Å². The zero-order valence-electron chi connectivity index (χ0n) is 8.99. The minimum atomic E-state index is -0.883. The van der Waals surface area contributed by atoms with E-state index in [1.54, 1.807) is 13.8 Å².